The summed E-state index contributed by atoms with van der Waals surface area (Å²) < 4.78 is 1.44. The lowest BCUT2D eigenvalue weighted by Gasteiger charge is -2.19. The van der Waals surface area contributed by atoms with Gasteiger partial charge in [-0.05, 0) is 24.8 Å². The van der Waals surface area contributed by atoms with Gasteiger partial charge in [-0.15, -0.1) is 10.2 Å². The third-order valence-electron chi connectivity index (χ3n) is 3.68. The molecule has 3 N–H and O–H groups in total. The number of benzene rings is 1. The first-order chi connectivity index (χ1) is 11.2. The number of nitrogens with one attached hydrogen (secondary N) is 1. The summed E-state index contributed by atoms with van der Waals surface area (Å²) in [7, 11) is 0. The molecule has 130 valence electrons. The van der Waals surface area contributed by atoms with Crippen molar-refractivity contribution in [1.29, 1.82) is 0 Å². The number of aromatic nitrogens is 3. The molecule has 24 heavy (non-hydrogen) atoms. The Kier molecular flexibility index (Phi) is 5.54. The summed E-state index contributed by atoms with van der Waals surface area (Å²) in [6.45, 7) is 10.8. The minimum atomic E-state index is -0.285. The number of nitrogens with two attached hydrogens (primary N) is 1. The Balaban J connectivity index is 2.19. The monoisotopic (exact) mass is 347 g/mol. The molecule has 2 aromatic rings. The average Bonchev–Trinajstić information content (AvgIpc) is 2.88. The summed E-state index contributed by atoms with van der Waals surface area (Å²) in [5, 5.41) is 11.3. The van der Waals surface area contributed by atoms with Crippen molar-refractivity contribution >= 4 is 17.7 Å². The van der Waals surface area contributed by atoms with Crippen molar-refractivity contribution in [3.8, 4) is 11.4 Å². The fourth-order valence-corrected chi connectivity index (χ4v) is 3.00. The van der Waals surface area contributed by atoms with Gasteiger partial charge in [0, 0.05) is 12.1 Å². The van der Waals surface area contributed by atoms with E-state index in [1.807, 2.05) is 26.0 Å². The van der Waals surface area contributed by atoms with Gasteiger partial charge >= 0.3 is 0 Å². The lowest BCUT2D eigenvalue weighted by atomic mass is 9.87. The average molecular weight is 347 g/mol. The first-order valence-electron chi connectivity index (χ1n) is 7.99. The molecule has 0 saturated heterocycles. The normalized spacial score (nSPS) is 12.9. The molecule has 0 radical (unpaired) electrons. The highest BCUT2D eigenvalue weighted by atomic mass is 32.2. The Morgan fingerprint density at radius 1 is 1.29 bits per heavy atom. The van der Waals surface area contributed by atoms with Gasteiger partial charge in [0.25, 0.3) is 0 Å². The van der Waals surface area contributed by atoms with Crippen molar-refractivity contribution < 1.29 is 4.79 Å². The number of hydrogen-bond donors (Lipinski definition) is 2. The largest absolute Gasteiger partial charge is 0.355 e. The van der Waals surface area contributed by atoms with E-state index in [9.17, 15) is 4.79 Å². The van der Waals surface area contributed by atoms with Gasteiger partial charge < -0.3 is 11.2 Å². The lowest BCUT2D eigenvalue weighted by Crippen LogP contribution is -2.31. The van der Waals surface area contributed by atoms with Crippen LogP contribution in [0.2, 0.25) is 0 Å². The Morgan fingerprint density at radius 3 is 2.46 bits per heavy atom. The van der Waals surface area contributed by atoms with Crippen LogP contribution < -0.4 is 11.2 Å². The van der Waals surface area contributed by atoms with Crippen LogP contribution >= 0.6 is 11.8 Å². The molecular weight excluding hydrogens is 322 g/mol. The van der Waals surface area contributed by atoms with E-state index in [0.29, 0.717) is 17.5 Å². The summed E-state index contributed by atoms with van der Waals surface area (Å²) in [6.07, 6.45) is 0. The van der Waals surface area contributed by atoms with Crippen LogP contribution in [0.5, 0.6) is 0 Å². The number of thioether (sulfide) groups is 1. The van der Waals surface area contributed by atoms with Crippen LogP contribution in [-0.4, -0.2) is 32.6 Å². The second-order valence-electron chi connectivity index (χ2n) is 6.66. The van der Waals surface area contributed by atoms with Gasteiger partial charge in [0.15, 0.2) is 5.82 Å². The number of hydrogen-bond acceptors (Lipinski definition) is 5. The van der Waals surface area contributed by atoms with Gasteiger partial charge in [-0.1, -0.05) is 56.8 Å². The molecular formula is C17H25N5OS. The van der Waals surface area contributed by atoms with Crippen molar-refractivity contribution in [2.45, 2.75) is 50.4 Å². The highest BCUT2D eigenvalue weighted by molar-refractivity contribution is 8.00. The Labute approximate surface area is 147 Å². The standard InChI is InChI=1S/C17H25N5OS/c1-6-19-15(23)11(2)24-16-21-20-14(22(16)18)12-7-9-13(10-8-12)17(3,4)5/h7-11H,6,18H2,1-5H3,(H,19,23)/t11-/m1/s1. The summed E-state index contributed by atoms with van der Waals surface area (Å²) in [4.78, 5) is 11.8. The van der Waals surface area contributed by atoms with E-state index < -0.39 is 0 Å². The van der Waals surface area contributed by atoms with Gasteiger partial charge in [-0.2, -0.15) is 0 Å². The maximum atomic E-state index is 11.8. The molecule has 1 aromatic heterocycles. The van der Waals surface area contributed by atoms with E-state index in [-0.39, 0.29) is 16.6 Å². The Bertz CT molecular complexity index is 703. The highest BCUT2D eigenvalue weighted by Gasteiger charge is 2.20. The lowest BCUT2D eigenvalue weighted by molar-refractivity contribution is -0.120. The smallest absolute Gasteiger partial charge is 0.233 e. The first-order valence-corrected chi connectivity index (χ1v) is 8.87. The molecule has 1 heterocycles. The van der Waals surface area contributed by atoms with E-state index in [1.165, 1.54) is 22.0 Å². The van der Waals surface area contributed by atoms with Crippen LogP contribution in [0.3, 0.4) is 0 Å². The number of nitrogen functional groups attached to an aromatic ring is 1. The van der Waals surface area contributed by atoms with Gasteiger partial charge in [0.1, 0.15) is 0 Å². The minimum Gasteiger partial charge on any atom is -0.355 e. The second-order valence-corrected chi connectivity index (χ2v) is 7.97. The quantitative estimate of drug-likeness (QED) is 0.641. The van der Waals surface area contributed by atoms with Gasteiger partial charge in [-0.25, -0.2) is 4.68 Å². The van der Waals surface area contributed by atoms with Gasteiger partial charge in [0.2, 0.25) is 11.1 Å². The number of amides is 1. The maximum Gasteiger partial charge on any atom is 0.233 e. The fraction of sp³-hybridized carbons (Fsp3) is 0.471. The van der Waals surface area contributed by atoms with Crippen LogP contribution in [0, 0.1) is 0 Å². The van der Waals surface area contributed by atoms with Crippen LogP contribution in [0.1, 0.15) is 40.2 Å². The molecule has 0 bridgehead atoms. The Morgan fingerprint density at radius 2 is 1.92 bits per heavy atom. The first kappa shape index (κ1) is 18.3. The molecule has 0 aliphatic heterocycles. The molecule has 0 aliphatic rings. The molecule has 6 nitrogen and oxygen atoms in total. The molecule has 0 fully saturated rings. The number of nitrogens with zero attached hydrogens (tertiary/aromatic N) is 3. The number of carbonyl (C=O) groups is 1. The number of rotatable bonds is 5. The summed E-state index contributed by atoms with van der Waals surface area (Å²) in [6, 6.07) is 8.15. The van der Waals surface area contributed by atoms with Crippen LogP contribution in [0.4, 0.5) is 0 Å². The van der Waals surface area contributed by atoms with Crippen molar-refractivity contribution in [1.82, 2.24) is 20.2 Å². The van der Waals surface area contributed by atoms with Crippen LogP contribution in [0.25, 0.3) is 11.4 Å². The SMILES string of the molecule is CCNC(=O)[C@@H](C)Sc1nnc(-c2ccc(C(C)(C)C)cc2)n1N. The van der Waals surface area contributed by atoms with Gasteiger partial charge in [-0.3, -0.25) is 4.79 Å². The number of carbonyl (C=O) groups excluding carboxylic acids is 1. The molecule has 0 saturated carbocycles. The molecule has 1 atom stereocenters. The zero-order chi connectivity index (χ0) is 17.9. The topological polar surface area (TPSA) is 85.8 Å². The zero-order valence-corrected chi connectivity index (χ0v) is 15.6. The Hall–Kier alpha value is -2.02. The van der Waals surface area contributed by atoms with Crippen molar-refractivity contribution in [2.24, 2.45) is 0 Å². The maximum absolute atomic E-state index is 11.8. The fourth-order valence-electron chi connectivity index (χ4n) is 2.20. The molecule has 0 unspecified atom stereocenters. The highest BCUT2D eigenvalue weighted by Crippen LogP contribution is 2.27. The van der Waals surface area contributed by atoms with Crippen LogP contribution in [0.15, 0.2) is 29.4 Å². The van der Waals surface area contributed by atoms with Gasteiger partial charge in [0.05, 0.1) is 5.25 Å². The summed E-state index contributed by atoms with van der Waals surface area (Å²) in [5.41, 5.74) is 2.24. The second kappa shape index (κ2) is 7.25. The molecule has 0 spiro atoms. The van der Waals surface area contributed by atoms with E-state index in [0.717, 1.165) is 5.56 Å². The van der Waals surface area contributed by atoms with E-state index in [2.05, 4.69) is 48.4 Å². The van der Waals surface area contributed by atoms with Crippen molar-refractivity contribution in [2.75, 3.05) is 12.4 Å². The third kappa shape index (κ3) is 4.08. The minimum absolute atomic E-state index is 0.0402. The van der Waals surface area contributed by atoms with Crippen LogP contribution in [-0.2, 0) is 10.2 Å². The predicted octanol–water partition coefficient (Wildman–Crippen LogP) is 2.57. The molecule has 7 heteroatoms. The summed E-state index contributed by atoms with van der Waals surface area (Å²) >= 11 is 1.29. The van der Waals surface area contributed by atoms with E-state index >= 15 is 0 Å². The molecule has 1 aromatic carbocycles. The molecule has 1 amide bonds. The van der Waals surface area contributed by atoms with E-state index in [4.69, 9.17) is 5.84 Å². The predicted molar refractivity (Wildman–Crippen MR) is 98.3 cm³/mol. The zero-order valence-electron chi connectivity index (χ0n) is 14.8. The van der Waals surface area contributed by atoms with Crippen molar-refractivity contribution in [3.05, 3.63) is 29.8 Å². The third-order valence-corrected chi connectivity index (χ3v) is 4.73. The van der Waals surface area contributed by atoms with E-state index in [1.54, 1.807) is 0 Å². The summed E-state index contributed by atoms with van der Waals surface area (Å²) in [5.74, 6) is 6.66. The van der Waals surface area contributed by atoms with Crippen molar-refractivity contribution in [3.63, 3.8) is 0 Å². The molecule has 2 rings (SSSR count). The molecule has 0 aliphatic carbocycles.